The van der Waals surface area contributed by atoms with Crippen LogP contribution in [0.15, 0.2) is 36.7 Å². The average Bonchev–Trinajstić information content (AvgIpc) is 2.59. The van der Waals surface area contributed by atoms with Crippen molar-refractivity contribution in [1.29, 1.82) is 0 Å². The van der Waals surface area contributed by atoms with Gasteiger partial charge in [0.2, 0.25) is 5.95 Å². The minimum Gasteiger partial charge on any atom is -0.483 e. The predicted octanol–water partition coefficient (Wildman–Crippen LogP) is 2.65. The number of carbonyl (C=O) groups excluding carboxylic acids is 1. The minimum absolute atomic E-state index is 0.0342. The monoisotopic (exact) mass is 332 g/mol. The molecule has 1 heterocycles. The topological polar surface area (TPSA) is 67.4 Å². The van der Waals surface area contributed by atoms with Gasteiger partial charge in [0.05, 0.1) is 18.4 Å². The molecule has 1 atom stereocenters. The van der Waals surface area contributed by atoms with E-state index in [1.807, 2.05) is 31.2 Å². The molecule has 1 N–H and O–H groups in total. The van der Waals surface area contributed by atoms with E-state index < -0.39 is 5.82 Å². The Morgan fingerprint density at radius 1 is 1.29 bits per heavy atom. The van der Waals surface area contributed by atoms with E-state index in [4.69, 9.17) is 4.74 Å². The number of ether oxygens (including phenoxy) is 1. The lowest BCUT2D eigenvalue weighted by atomic mass is 10.0. The van der Waals surface area contributed by atoms with Gasteiger partial charge in [0.1, 0.15) is 5.75 Å². The first-order valence-electron chi connectivity index (χ1n) is 7.67. The second-order valence-electron chi connectivity index (χ2n) is 5.44. The molecule has 6 nitrogen and oxygen atoms in total. The molecule has 1 amide bonds. The van der Waals surface area contributed by atoms with Gasteiger partial charge in [-0.15, -0.1) is 0 Å². The molecule has 0 aliphatic rings. The molecule has 0 saturated heterocycles. The molecule has 0 aliphatic heterocycles. The van der Waals surface area contributed by atoms with E-state index in [1.54, 1.807) is 14.1 Å². The summed E-state index contributed by atoms with van der Waals surface area (Å²) in [6, 6.07) is 7.35. The highest BCUT2D eigenvalue weighted by molar-refractivity contribution is 5.77. The fourth-order valence-electron chi connectivity index (χ4n) is 2.11. The van der Waals surface area contributed by atoms with Gasteiger partial charge in [0, 0.05) is 19.7 Å². The number of para-hydroxylation sites is 1. The molecular weight excluding hydrogens is 311 g/mol. The van der Waals surface area contributed by atoms with Gasteiger partial charge >= 0.3 is 0 Å². The van der Waals surface area contributed by atoms with Crippen LogP contribution in [0, 0.1) is 5.82 Å². The summed E-state index contributed by atoms with van der Waals surface area (Å²) >= 11 is 0. The number of aromatic nitrogens is 2. The quantitative estimate of drug-likeness (QED) is 0.844. The molecule has 2 aromatic rings. The van der Waals surface area contributed by atoms with E-state index >= 15 is 0 Å². The van der Waals surface area contributed by atoms with Crippen LogP contribution in [0.1, 0.15) is 24.9 Å². The highest BCUT2D eigenvalue weighted by atomic mass is 19.1. The Labute approximate surface area is 140 Å². The summed E-state index contributed by atoms with van der Waals surface area (Å²) in [5.74, 6) is 0.351. The Kier molecular flexibility index (Phi) is 6.06. The Morgan fingerprint density at radius 3 is 2.58 bits per heavy atom. The Bertz CT molecular complexity index is 677. The van der Waals surface area contributed by atoms with Crippen molar-refractivity contribution >= 4 is 11.9 Å². The molecule has 24 heavy (non-hydrogen) atoms. The number of likely N-dealkylation sites (N-methyl/N-ethyl adjacent to an activating group) is 1. The smallest absolute Gasteiger partial charge is 0.259 e. The lowest BCUT2D eigenvalue weighted by Gasteiger charge is -2.21. The van der Waals surface area contributed by atoms with Crippen LogP contribution in [0.2, 0.25) is 0 Å². The van der Waals surface area contributed by atoms with Crippen molar-refractivity contribution in [1.82, 2.24) is 14.9 Å². The maximum Gasteiger partial charge on any atom is 0.259 e. The molecule has 0 spiro atoms. The number of hydrogen-bond acceptors (Lipinski definition) is 5. The lowest BCUT2D eigenvalue weighted by molar-refractivity contribution is -0.130. The van der Waals surface area contributed by atoms with Crippen LogP contribution >= 0.6 is 0 Å². The van der Waals surface area contributed by atoms with Gasteiger partial charge in [-0.3, -0.25) is 4.79 Å². The Balaban J connectivity index is 2.15. The van der Waals surface area contributed by atoms with Crippen LogP contribution in [0.3, 0.4) is 0 Å². The summed E-state index contributed by atoms with van der Waals surface area (Å²) in [7, 11) is 3.36. The maximum absolute atomic E-state index is 12.9. The summed E-state index contributed by atoms with van der Waals surface area (Å²) in [6.07, 6.45) is 2.96. The van der Waals surface area contributed by atoms with Crippen molar-refractivity contribution in [3.63, 3.8) is 0 Å². The first-order chi connectivity index (χ1) is 11.5. The molecule has 1 aromatic heterocycles. The van der Waals surface area contributed by atoms with E-state index in [0.29, 0.717) is 11.7 Å². The molecule has 0 bridgehead atoms. The summed E-state index contributed by atoms with van der Waals surface area (Å²) in [5.41, 5.74) is 0.888. The lowest BCUT2D eigenvalue weighted by Crippen LogP contribution is -2.28. The van der Waals surface area contributed by atoms with Gasteiger partial charge in [0.25, 0.3) is 5.91 Å². The van der Waals surface area contributed by atoms with E-state index in [1.165, 1.54) is 4.90 Å². The molecule has 7 heteroatoms. The van der Waals surface area contributed by atoms with Crippen molar-refractivity contribution in [3.8, 4) is 5.75 Å². The standard InChI is InChI=1S/C17H21FN4O2/c1-4-14(21-17-19-9-12(18)10-20-17)13-7-5-6-8-15(13)24-11-16(23)22(2)3/h5-10,14H,4,11H2,1-3H3,(H,19,20,21)/t14-/m0/s1. The number of anilines is 1. The fourth-order valence-corrected chi connectivity index (χ4v) is 2.11. The number of halogens is 1. The molecule has 0 aliphatic carbocycles. The minimum atomic E-state index is -0.487. The zero-order valence-corrected chi connectivity index (χ0v) is 14.0. The highest BCUT2D eigenvalue weighted by Gasteiger charge is 2.16. The third-order valence-electron chi connectivity index (χ3n) is 3.48. The molecule has 0 fully saturated rings. The number of benzene rings is 1. The van der Waals surface area contributed by atoms with E-state index in [9.17, 15) is 9.18 Å². The third-order valence-corrected chi connectivity index (χ3v) is 3.48. The van der Waals surface area contributed by atoms with Crippen molar-refractivity contribution < 1.29 is 13.9 Å². The molecule has 0 saturated carbocycles. The van der Waals surface area contributed by atoms with Gasteiger partial charge in [-0.05, 0) is 12.5 Å². The zero-order valence-electron chi connectivity index (χ0n) is 14.0. The van der Waals surface area contributed by atoms with Crippen molar-refractivity contribution in [2.45, 2.75) is 19.4 Å². The number of carbonyl (C=O) groups is 1. The van der Waals surface area contributed by atoms with Crippen LogP contribution in [-0.4, -0.2) is 41.5 Å². The fraction of sp³-hybridized carbons (Fsp3) is 0.353. The van der Waals surface area contributed by atoms with Crippen LogP contribution in [-0.2, 0) is 4.79 Å². The van der Waals surface area contributed by atoms with Crippen molar-refractivity contribution in [3.05, 3.63) is 48.0 Å². The number of hydrogen-bond donors (Lipinski definition) is 1. The molecule has 1 aromatic carbocycles. The summed E-state index contributed by atoms with van der Waals surface area (Å²) in [6.45, 7) is 1.97. The van der Waals surface area contributed by atoms with Gasteiger partial charge in [-0.1, -0.05) is 25.1 Å². The van der Waals surface area contributed by atoms with Crippen molar-refractivity contribution in [2.75, 3.05) is 26.0 Å². The summed E-state index contributed by atoms with van der Waals surface area (Å²) < 4.78 is 18.6. The maximum atomic E-state index is 12.9. The molecule has 2 rings (SSSR count). The summed E-state index contributed by atoms with van der Waals surface area (Å²) in [5, 5.41) is 3.16. The number of amides is 1. The van der Waals surface area contributed by atoms with Gasteiger partial charge < -0.3 is 15.0 Å². The first kappa shape index (κ1) is 17.7. The highest BCUT2D eigenvalue weighted by Crippen LogP contribution is 2.29. The van der Waals surface area contributed by atoms with Crippen LogP contribution in [0.25, 0.3) is 0 Å². The van der Waals surface area contributed by atoms with Gasteiger partial charge in [-0.25, -0.2) is 14.4 Å². The van der Waals surface area contributed by atoms with E-state index in [2.05, 4.69) is 15.3 Å². The van der Waals surface area contributed by atoms with Crippen LogP contribution in [0.4, 0.5) is 10.3 Å². The largest absolute Gasteiger partial charge is 0.483 e. The van der Waals surface area contributed by atoms with E-state index in [-0.39, 0.29) is 18.6 Å². The van der Waals surface area contributed by atoms with Gasteiger partial charge in [-0.2, -0.15) is 0 Å². The third kappa shape index (κ3) is 4.65. The molecule has 0 radical (unpaired) electrons. The van der Waals surface area contributed by atoms with Gasteiger partial charge in [0.15, 0.2) is 12.4 Å². The number of rotatable bonds is 7. The second kappa shape index (κ2) is 8.24. The molecular formula is C17H21FN4O2. The van der Waals surface area contributed by atoms with Crippen molar-refractivity contribution in [2.24, 2.45) is 0 Å². The predicted molar refractivity (Wildman–Crippen MR) is 89.3 cm³/mol. The van der Waals surface area contributed by atoms with E-state index in [0.717, 1.165) is 24.4 Å². The first-order valence-corrected chi connectivity index (χ1v) is 7.67. The van der Waals surface area contributed by atoms with Crippen LogP contribution in [0.5, 0.6) is 5.75 Å². The Hall–Kier alpha value is -2.70. The van der Waals surface area contributed by atoms with Crippen LogP contribution < -0.4 is 10.1 Å². The Morgan fingerprint density at radius 2 is 1.96 bits per heavy atom. The normalized spacial score (nSPS) is 11.7. The molecule has 128 valence electrons. The second-order valence-corrected chi connectivity index (χ2v) is 5.44. The molecule has 0 unspecified atom stereocenters. The number of nitrogens with one attached hydrogen (secondary N) is 1. The zero-order chi connectivity index (χ0) is 17.5. The summed E-state index contributed by atoms with van der Waals surface area (Å²) in [4.78, 5) is 21.0. The average molecular weight is 332 g/mol. The number of nitrogens with zero attached hydrogens (tertiary/aromatic N) is 3. The SMILES string of the molecule is CC[C@H](Nc1ncc(F)cn1)c1ccccc1OCC(=O)N(C)C.